The second-order valence-electron chi connectivity index (χ2n) is 7.16. The lowest BCUT2D eigenvalue weighted by Crippen LogP contribution is -2.33. The maximum Gasteiger partial charge on any atom is 0.124 e. The molecule has 1 rings (SSSR count). The number of hydrogen-bond donors (Lipinski definition) is 0. The summed E-state index contributed by atoms with van der Waals surface area (Å²) in [6.07, 6.45) is 16.4. The van der Waals surface area contributed by atoms with Crippen LogP contribution in [0, 0.1) is 0 Å². The summed E-state index contributed by atoms with van der Waals surface area (Å²) < 4.78 is 14.8. The lowest BCUT2D eigenvalue weighted by atomic mass is 9.98. The van der Waals surface area contributed by atoms with Gasteiger partial charge in [0.25, 0.3) is 0 Å². The molecule has 28 heavy (non-hydrogen) atoms. The summed E-state index contributed by atoms with van der Waals surface area (Å²) in [5.74, 6) is -0.162. The first-order chi connectivity index (χ1) is 13.6. The first-order valence-corrected chi connectivity index (χ1v) is 10.6. The SMILES string of the molecule is CCC/C=N/C=C/C=C\C(F)=C(/C)C(CCCCCC)N(C)c1ccccc1. The van der Waals surface area contributed by atoms with E-state index in [2.05, 4.69) is 42.9 Å². The predicted molar refractivity (Wildman–Crippen MR) is 123 cm³/mol. The molecule has 0 aliphatic heterocycles. The van der Waals surface area contributed by atoms with Crippen molar-refractivity contribution in [2.75, 3.05) is 11.9 Å². The van der Waals surface area contributed by atoms with E-state index in [1.807, 2.05) is 31.3 Å². The van der Waals surface area contributed by atoms with Crippen molar-refractivity contribution in [2.45, 2.75) is 71.8 Å². The molecule has 0 heterocycles. The van der Waals surface area contributed by atoms with E-state index in [9.17, 15) is 4.39 Å². The van der Waals surface area contributed by atoms with Crippen LogP contribution in [0.15, 0.2) is 71.2 Å². The summed E-state index contributed by atoms with van der Waals surface area (Å²) in [4.78, 5) is 6.35. The molecule has 0 saturated carbocycles. The van der Waals surface area contributed by atoms with Crippen LogP contribution in [-0.4, -0.2) is 19.3 Å². The Labute approximate surface area is 171 Å². The molecule has 1 unspecified atom stereocenters. The van der Waals surface area contributed by atoms with E-state index >= 15 is 0 Å². The van der Waals surface area contributed by atoms with E-state index in [4.69, 9.17) is 0 Å². The fourth-order valence-electron chi connectivity index (χ4n) is 3.10. The zero-order valence-corrected chi connectivity index (χ0v) is 18.1. The van der Waals surface area contributed by atoms with Gasteiger partial charge in [-0.2, -0.15) is 0 Å². The number of hydrogen-bond acceptors (Lipinski definition) is 2. The molecule has 154 valence electrons. The second-order valence-corrected chi connectivity index (χ2v) is 7.16. The number of benzene rings is 1. The van der Waals surface area contributed by atoms with Crippen LogP contribution < -0.4 is 4.90 Å². The molecule has 1 aromatic carbocycles. The average Bonchev–Trinajstić information content (AvgIpc) is 2.72. The maximum absolute atomic E-state index is 14.8. The van der Waals surface area contributed by atoms with Gasteiger partial charge >= 0.3 is 0 Å². The van der Waals surface area contributed by atoms with Gasteiger partial charge in [-0.25, -0.2) is 4.39 Å². The molecule has 0 N–H and O–H groups in total. The fraction of sp³-hybridized carbons (Fsp3) is 0.480. The Morgan fingerprint density at radius 1 is 1.07 bits per heavy atom. The van der Waals surface area contributed by atoms with E-state index in [1.54, 1.807) is 24.4 Å². The molecule has 0 radical (unpaired) electrons. The third kappa shape index (κ3) is 9.16. The van der Waals surface area contributed by atoms with Crippen molar-refractivity contribution >= 4 is 11.9 Å². The molecule has 0 amide bonds. The molecular weight excluding hydrogens is 347 g/mol. The summed E-state index contributed by atoms with van der Waals surface area (Å²) in [6.45, 7) is 6.24. The molecule has 0 bridgehead atoms. The molecule has 2 nitrogen and oxygen atoms in total. The lowest BCUT2D eigenvalue weighted by molar-refractivity contribution is 0.550. The van der Waals surface area contributed by atoms with E-state index in [0.717, 1.165) is 36.9 Å². The number of halogens is 1. The van der Waals surface area contributed by atoms with E-state index < -0.39 is 0 Å². The number of rotatable bonds is 13. The molecule has 0 saturated heterocycles. The quantitative estimate of drug-likeness (QED) is 0.194. The van der Waals surface area contributed by atoms with Crippen molar-refractivity contribution in [3.63, 3.8) is 0 Å². The van der Waals surface area contributed by atoms with Gasteiger partial charge in [0, 0.05) is 25.1 Å². The molecule has 0 fully saturated rings. The Balaban J connectivity index is 2.88. The van der Waals surface area contributed by atoms with Crippen molar-refractivity contribution in [3.8, 4) is 0 Å². The van der Waals surface area contributed by atoms with Crippen LogP contribution in [0.4, 0.5) is 10.1 Å². The van der Waals surface area contributed by atoms with E-state index in [-0.39, 0.29) is 11.9 Å². The van der Waals surface area contributed by atoms with Gasteiger partial charge in [-0.1, -0.05) is 70.2 Å². The number of unbranched alkanes of at least 4 members (excludes halogenated alkanes) is 4. The normalized spacial score (nSPS) is 14.2. The number of anilines is 1. The minimum absolute atomic E-state index is 0.0514. The van der Waals surface area contributed by atoms with Gasteiger partial charge in [0.1, 0.15) is 5.83 Å². The van der Waals surface area contributed by atoms with E-state index in [0.29, 0.717) is 0 Å². The Hall–Kier alpha value is -2.16. The van der Waals surface area contributed by atoms with Crippen LogP contribution in [-0.2, 0) is 0 Å². The maximum atomic E-state index is 14.8. The van der Waals surface area contributed by atoms with Gasteiger partial charge in [-0.05, 0) is 49.6 Å². The fourth-order valence-corrected chi connectivity index (χ4v) is 3.10. The molecule has 0 aliphatic rings. The van der Waals surface area contributed by atoms with Crippen molar-refractivity contribution in [3.05, 3.63) is 66.2 Å². The number of nitrogens with zero attached hydrogens (tertiary/aromatic N) is 2. The highest BCUT2D eigenvalue weighted by molar-refractivity contribution is 5.57. The van der Waals surface area contributed by atoms with Gasteiger partial charge in [0.05, 0.1) is 6.04 Å². The Morgan fingerprint density at radius 3 is 2.50 bits per heavy atom. The molecule has 1 atom stereocenters. The van der Waals surface area contributed by atoms with E-state index in [1.165, 1.54) is 19.3 Å². The zero-order valence-electron chi connectivity index (χ0n) is 18.1. The summed E-state index contributed by atoms with van der Waals surface area (Å²) in [7, 11) is 2.06. The number of likely N-dealkylation sites (N-methyl/N-ethyl adjacent to an activating group) is 1. The Morgan fingerprint density at radius 2 is 1.82 bits per heavy atom. The van der Waals surface area contributed by atoms with Gasteiger partial charge in [0.2, 0.25) is 0 Å². The third-order valence-electron chi connectivity index (χ3n) is 4.89. The first kappa shape index (κ1) is 23.9. The van der Waals surface area contributed by atoms with Crippen molar-refractivity contribution in [2.24, 2.45) is 4.99 Å². The number of para-hydroxylation sites is 1. The topological polar surface area (TPSA) is 15.6 Å². The van der Waals surface area contributed by atoms with Crippen LogP contribution in [0.3, 0.4) is 0 Å². The summed E-state index contributed by atoms with van der Waals surface area (Å²) in [6, 6.07) is 10.3. The number of aliphatic imine (C=N–C) groups is 1. The monoisotopic (exact) mass is 384 g/mol. The smallest absolute Gasteiger partial charge is 0.124 e. The van der Waals surface area contributed by atoms with Crippen molar-refractivity contribution < 1.29 is 4.39 Å². The minimum Gasteiger partial charge on any atom is -0.368 e. The highest BCUT2D eigenvalue weighted by Crippen LogP contribution is 2.26. The summed E-state index contributed by atoms with van der Waals surface area (Å²) in [5.41, 5.74) is 1.89. The van der Waals surface area contributed by atoms with Gasteiger partial charge < -0.3 is 4.90 Å². The van der Waals surface area contributed by atoms with Crippen LogP contribution in [0.1, 0.15) is 65.7 Å². The Bertz CT molecular complexity index is 644. The van der Waals surface area contributed by atoms with Gasteiger partial charge in [0.15, 0.2) is 0 Å². The predicted octanol–water partition coefficient (Wildman–Crippen LogP) is 7.65. The number of allylic oxidation sites excluding steroid dienone is 4. The highest BCUT2D eigenvalue weighted by Gasteiger charge is 2.19. The summed E-state index contributed by atoms with van der Waals surface area (Å²) >= 11 is 0. The van der Waals surface area contributed by atoms with Crippen molar-refractivity contribution in [1.82, 2.24) is 0 Å². The van der Waals surface area contributed by atoms with Gasteiger partial charge in [-0.15, -0.1) is 0 Å². The molecule has 0 aromatic heterocycles. The molecule has 1 aromatic rings. The first-order valence-electron chi connectivity index (χ1n) is 10.6. The largest absolute Gasteiger partial charge is 0.368 e. The second kappa shape index (κ2) is 14.8. The average molecular weight is 385 g/mol. The van der Waals surface area contributed by atoms with Crippen LogP contribution in [0.2, 0.25) is 0 Å². The van der Waals surface area contributed by atoms with Crippen LogP contribution in [0.5, 0.6) is 0 Å². The van der Waals surface area contributed by atoms with Crippen LogP contribution >= 0.6 is 0 Å². The minimum atomic E-state index is -0.162. The molecule has 0 aliphatic carbocycles. The molecule has 3 heteroatoms. The van der Waals surface area contributed by atoms with Crippen molar-refractivity contribution in [1.29, 1.82) is 0 Å². The molecule has 0 spiro atoms. The Kier molecular flexibility index (Phi) is 12.7. The zero-order chi connectivity index (χ0) is 20.6. The summed E-state index contributed by atoms with van der Waals surface area (Å²) in [5, 5.41) is 0. The van der Waals surface area contributed by atoms with Gasteiger partial charge in [-0.3, -0.25) is 4.99 Å². The highest BCUT2D eigenvalue weighted by atomic mass is 19.1. The third-order valence-corrected chi connectivity index (χ3v) is 4.89. The standard InChI is InChI=1S/C25H37FN2/c1-5-7-9-13-19-25(28(4)23-16-11-10-12-17-23)22(3)24(26)18-14-15-21-27-20-8-6-2/h10-12,14-18,20-21,25H,5-9,13,19H2,1-4H3/b18-14-,21-15+,24-22-,27-20+. The van der Waals surface area contributed by atoms with Crippen LogP contribution in [0.25, 0.3) is 0 Å². The lowest BCUT2D eigenvalue weighted by Gasteiger charge is -2.31. The molecular formula is C25H37FN2.